The third-order valence-electron chi connectivity index (χ3n) is 9.57. The summed E-state index contributed by atoms with van der Waals surface area (Å²) in [6.07, 6.45) is 0. The maximum atomic E-state index is 3.70. The van der Waals surface area contributed by atoms with Crippen LogP contribution in [0.2, 0.25) is 0 Å². The maximum Gasteiger partial charge on any atom is 0.0541 e. The molecule has 236 valence electrons. The van der Waals surface area contributed by atoms with Crippen molar-refractivity contribution < 1.29 is 0 Å². The van der Waals surface area contributed by atoms with Crippen LogP contribution in [-0.2, 0) is 0 Å². The molecule has 0 aliphatic heterocycles. The van der Waals surface area contributed by atoms with Crippen molar-refractivity contribution >= 4 is 33.2 Å². The normalized spacial score (nSPS) is 11.2. The van der Waals surface area contributed by atoms with Gasteiger partial charge in [0.15, 0.2) is 0 Å². The summed E-state index contributed by atoms with van der Waals surface area (Å²) in [7, 11) is 0. The van der Waals surface area contributed by atoms with Crippen LogP contribution in [0.1, 0.15) is 0 Å². The first-order valence-corrected chi connectivity index (χ1v) is 17.1. The molecule has 0 saturated heterocycles. The summed E-state index contributed by atoms with van der Waals surface area (Å²) in [4.78, 5) is 0. The number of nitrogens with one attached hydrogen (secondary N) is 1. The highest BCUT2D eigenvalue weighted by Crippen LogP contribution is 2.40. The molecule has 0 aliphatic carbocycles. The van der Waals surface area contributed by atoms with E-state index in [0.29, 0.717) is 0 Å². The van der Waals surface area contributed by atoms with E-state index in [1.165, 1.54) is 60.8 Å². The zero-order valence-corrected chi connectivity index (χ0v) is 27.5. The van der Waals surface area contributed by atoms with Crippen molar-refractivity contribution in [3.63, 3.8) is 0 Å². The molecule has 0 atom stereocenters. The van der Waals surface area contributed by atoms with Gasteiger partial charge in [0.1, 0.15) is 0 Å². The van der Waals surface area contributed by atoms with Gasteiger partial charge in [0.25, 0.3) is 0 Å². The molecule has 0 unspecified atom stereocenters. The fourth-order valence-corrected chi connectivity index (χ4v) is 7.11. The summed E-state index contributed by atoms with van der Waals surface area (Å²) in [5.74, 6) is 0. The Labute approximate surface area is 292 Å². The summed E-state index contributed by atoms with van der Waals surface area (Å²) in [5, 5.41) is 6.18. The minimum absolute atomic E-state index is 1.06. The second kappa shape index (κ2) is 12.8. The van der Waals surface area contributed by atoms with E-state index < -0.39 is 0 Å². The molecular weight excluding hydrogens is 605 g/mol. The first-order valence-electron chi connectivity index (χ1n) is 17.1. The standard InChI is InChI=1S/C48H34N2/c1-5-14-34(15-6-1)36-18-13-19-40(30-36)43-31-38(24-27-46(43)49-41-20-9-3-10-21-41)39-26-29-48-45(33-39)44-32-37(35-16-7-2-8-17-35)25-28-47(44)50(48)42-22-11-4-12-23-42/h1-33,49H. The molecule has 0 radical (unpaired) electrons. The van der Waals surface area contributed by atoms with Crippen molar-refractivity contribution in [2.45, 2.75) is 0 Å². The lowest BCUT2D eigenvalue weighted by Gasteiger charge is -2.16. The minimum Gasteiger partial charge on any atom is -0.355 e. The molecule has 0 aliphatic rings. The van der Waals surface area contributed by atoms with Gasteiger partial charge in [-0.1, -0.05) is 133 Å². The van der Waals surface area contributed by atoms with Crippen molar-refractivity contribution in [3.8, 4) is 50.2 Å². The number of hydrogen-bond donors (Lipinski definition) is 1. The van der Waals surface area contributed by atoms with Crippen LogP contribution in [0.25, 0.3) is 72.0 Å². The van der Waals surface area contributed by atoms with E-state index in [-0.39, 0.29) is 0 Å². The van der Waals surface area contributed by atoms with E-state index >= 15 is 0 Å². The topological polar surface area (TPSA) is 17.0 Å². The lowest BCUT2D eigenvalue weighted by atomic mass is 9.94. The van der Waals surface area contributed by atoms with Gasteiger partial charge in [-0.25, -0.2) is 0 Å². The van der Waals surface area contributed by atoms with Gasteiger partial charge in [0.05, 0.1) is 11.0 Å². The highest BCUT2D eigenvalue weighted by atomic mass is 15.0. The molecule has 0 amide bonds. The summed E-state index contributed by atoms with van der Waals surface area (Å²) < 4.78 is 2.39. The van der Waals surface area contributed by atoms with Gasteiger partial charge in [0, 0.05) is 33.4 Å². The van der Waals surface area contributed by atoms with Crippen LogP contribution in [0, 0.1) is 0 Å². The third-order valence-corrected chi connectivity index (χ3v) is 9.57. The third kappa shape index (κ3) is 5.53. The monoisotopic (exact) mass is 638 g/mol. The largest absolute Gasteiger partial charge is 0.355 e. The number of para-hydroxylation sites is 2. The Kier molecular flexibility index (Phi) is 7.53. The van der Waals surface area contributed by atoms with Crippen LogP contribution >= 0.6 is 0 Å². The zero-order valence-electron chi connectivity index (χ0n) is 27.5. The van der Waals surface area contributed by atoms with Crippen molar-refractivity contribution in [2.24, 2.45) is 0 Å². The zero-order chi connectivity index (χ0) is 33.3. The van der Waals surface area contributed by atoms with Gasteiger partial charge in [0.2, 0.25) is 0 Å². The average molecular weight is 639 g/mol. The average Bonchev–Trinajstić information content (AvgIpc) is 3.52. The predicted octanol–water partition coefficient (Wildman–Crippen LogP) is 13.2. The molecule has 0 bridgehead atoms. The van der Waals surface area contributed by atoms with Crippen molar-refractivity contribution in [1.29, 1.82) is 0 Å². The minimum atomic E-state index is 1.06. The Morgan fingerprint density at radius 2 is 0.780 bits per heavy atom. The van der Waals surface area contributed by atoms with Gasteiger partial charge < -0.3 is 9.88 Å². The Hall–Kier alpha value is -6.64. The molecule has 1 aromatic heterocycles. The molecule has 2 nitrogen and oxygen atoms in total. The molecule has 1 heterocycles. The molecule has 50 heavy (non-hydrogen) atoms. The van der Waals surface area contributed by atoms with Crippen LogP contribution in [0.3, 0.4) is 0 Å². The van der Waals surface area contributed by atoms with Crippen LogP contribution in [0.4, 0.5) is 11.4 Å². The van der Waals surface area contributed by atoms with Crippen molar-refractivity contribution in [2.75, 3.05) is 5.32 Å². The van der Waals surface area contributed by atoms with E-state index in [1.807, 2.05) is 6.07 Å². The molecule has 0 saturated carbocycles. The molecule has 0 fully saturated rings. The summed E-state index contributed by atoms with van der Waals surface area (Å²) in [5.41, 5.74) is 15.2. The first-order chi connectivity index (χ1) is 24.8. The van der Waals surface area contributed by atoms with Crippen LogP contribution in [0.5, 0.6) is 0 Å². The fraction of sp³-hybridized carbons (Fsp3) is 0. The molecule has 9 aromatic rings. The molecular formula is C48H34N2. The maximum absolute atomic E-state index is 3.70. The highest BCUT2D eigenvalue weighted by Gasteiger charge is 2.16. The predicted molar refractivity (Wildman–Crippen MR) is 212 cm³/mol. The number of nitrogens with zero attached hydrogens (tertiary/aromatic N) is 1. The fourth-order valence-electron chi connectivity index (χ4n) is 7.11. The van der Waals surface area contributed by atoms with Gasteiger partial charge in [-0.3, -0.25) is 0 Å². The number of anilines is 2. The molecule has 2 heteroatoms. The van der Waals surface area contributed by atoms with E-state index in [2.05, 4.69) is 204 Å². The van der Waals surface area contributed by atoms with Crippen molar-refractivity contribution in [3.05, 3.63) is 200 Å². The van der Waals surface area contributed by atoms with Crippen LogP contribution in [-0.4, -0.2) is 4.57 Å². The Bertz CT molecular complexity index is 2590. The lowest BCUT2D eigenvalue weighted by molar-refractivity contribution is 1.18. The number of rotatable bonds is 7. The summed E-state index contributed by atoms with van der Waals surface area (Å²) in [6, 6.07) is 71.7. The first kappa shape index (κ1) is 29.5. The number of fused-ring (bicyclic) bond motifs is 3. The molecule has 8 aromatic carbocycles. The van der Waals surface area contributed by atoms with Gasteiger partial charge in [-0.2, -0.15) is 0 Å². The van der Waals surface area contributed by atoms with E-state index in [1.54, 1.807) is 0 Å². The van der Waals surface area contributed by atoms with Gasteiger partial charge >= 0.3 is 0 Å². The second-order valence-electron chi connectivity index (χ2n) is 12.7. The number of benzene rings is 8. The Morgan fingerprint density at radius 3 is 1.40 bits per heavy atom. The van der Waals surface area contributed by atoms with E-state index in [0.717, 1.165) is 22.6 Å². The van der Waals surface area contributed by atoms with Gasteiger partial charge in [-0.05, 0) is 106 Å². The number of hydrogen-bond acceptors (Lipinski definition) is 1. The number of aromatic nitrogens is 1. The van der Waals surface area contributed by atoms with Crippen molar-refractivity contribution in [1.82, 2.24) is 4.57 Å². The lowest BCUT2D eigenvalue weighted by Crippen LogP contribution is -1.95. The van der Waals surface area contributed by atoms with Gasteiger partial charge in [-0.15, -0.1) is 0 Å². The van der Waals surface area contributed by atoms with E-state index in [9.17, 15) is 0 Å². The molecule has 1 N–H and O–H groups in total. The Balaban J connectivity index is 1.22. The van der Waals surface area contributed by atoms with Crippen LogP contribution in [0.15, 0.2) is 200 Å². The summed E-state index contributed by atoms with van der Waals surface area (Å²) >= 11 is 0. The smallest absolute Gasteiger partial charge is 0.0541 e. The Morgan fingerprint density at radius 1 is 0.320 bits per heavy atom. The van der Waals surface area contributed by atoms with E-state index in [4.69, 9.17) is 0 Å². The quantitative estimate of drug-likeness (QED) is 0.184. The second-order valence-corrected chi connectivity index (χ2v) is 12.7. The molecule has 9 rings (SSSR count). The highest BCUT2D eigenvalue weighted by molar-refractivity contribution is 6.11. The molecule has 0 spiro atoms. The van der Waals surface area contributed by atoms with Crippen LogP contribution < -0.4 is 5.32 Å². The SMILES string of the molecule is c1ccc(Nc2ccc(-c3ccc4c(c3)c3cc(-c5ccccc5)ccc3n4-c3ccccc3)cc2-c2cccc(-c3ccccc3)c2)cc1. The summed E-state index contributed by atoms with van der Waals surface area (Å²) in [6.45, 7) is 0.